The molecular formula is C23H23N3O4. The number of rotatable bonds is 6. The van der Waals surface area contributed by atoms with Gasteiger partial charge in [0.2, 0.25) is 0 Å². The fourth-order valence-electron chi connectivity index (χ4n) is 3.58. The topological polar surface area (TPSA) is 77.8 Å². The molecule has 30 heavy (non-hydrogen) atoms. The number of H-pyrrole nitrogens is 1. The van der Waals surface area contributed by atoms with Crippen molar-refractivity contribution in [3.8, 4) is 22.6 Å². The molecule has 4 rings (SSSR count). The molecule has 4 aromatic rings. The SMILES string of the molecule is CCO/N=C/c1ccc2[nH]c3c(cc(-c4ccc(OC)cc4OC)c(=O)n3C)c2c1. The summed E-state index contributed by atoms with van der Waals surface area (Å²) in [7, 11) is 4.94. The van der Waals surface area contributed by atoms with Gasteiger partial charge in [-0.3, -0.25) is 9.36 Å². The third-order valence-electron chi connectivity index (χ3n) is 5.11. The number of nitrogens with one attached hydrogen (secondary N) is 1. The van der Waals surface area contributed by atoms with Gasteiger partial charge in [-0.15, -0.1) is 0 Å². The average molecular weight is 405 g/mol. The van der Waals surface area contributed by atoms with Crippen LogP contribution in [0.3, 0.4) is 0 Å². The second kappa shape index (κ2) is 7.94. The van der Waals surface area contributed by atoms with Crippen LogP contribution in [0, 0.1) is 0 Å². The van der Waals surface area contributed by atoms with Crippen LogP contribution in [0.5, 0.6) is 11.5 Å². The average Bonchev–Trinajstić information content (AvgIpc) is 3.14. The molecule has 0 fully saturated rings. The lowest BCUT2D eigenvalue weighted by Crippen LogP contribution is -2.19. The number of fused-ring (bicyclic) bond motifs is 3. The molecule has 0 saturated heterocycles. The predicted molar refractivity (Wildman–Crippen MR) is 119 cm³/mol. The molecule has 0 atom stereocenters. The van der Waals surface area contributed by atoms with E-state index in [9.17, 15) is 4.79 Å². The summed E-state index contributed by atoms with van der Waals surface area (Å²) in [6.45, 7) is 2.40. The van der Waals surface area contributed by atoms with E-state index in [1.54, 1.807) is 38.1 Å². The maximum atomic E-state index is 13.1. The lowest BCUT2D eigenvalue weighted by Gasteiger charge is -2.12. The highest BCUT2D eigenvalue weighted by atomic mass is 16.6. The molecule has 7 nitrogen and oxygen atoms in total. The van der Waals surface area contributed by atoms with Crippen molar-refractivity contribution < 1.29 is 14.3 Å². The summed E-state index contributed by atoms with van der Waals surface area (Å²) >= 11 is 0. The maximum absolute atomic E-state index is 13.1. The number of aryl methyl sites for hydroxylation is 1. The van der Waals surface area contributed by atoms with E-state index in [1.807, 2.05) is 43.3 Å². The van der Waals surface area contributed by atoms with Crippen LogP contribution in [0.25, 0.3) is 33.1 Å². The zero-order valence-electron chi connectivity index (χ0n) is 17.4. The summed E-state index contributed by atoms with van der Waals surface area (Å²) in [5, 5.41) is 5.88. The Hall–Kier alpha value is -3.74. The molecule has 0 saturated carbocycles. The molecule has 2 heterocycles. The van der Waals surface area contributed by atoms with Crippen molar-refractivity contribution in [3.05, 3.63) is 58.4 Å². The van der Waals surface area contributed by atoms with Gasteiger partial charge in [0.15, 0.2) is 0 Å². The van der Waals surface area contributed by atoms with Gasteiger partial charge in [0.1, 0.15) is 23.8 Å². The number of hydrogen-bond acceptors (Lipinski definition) is 5. The predicted octanol–water partition coefficient (Wildman–Crippen LogP) is 4.07. The molecule has 0 spiro atoms. The number of pyridine rings is 1. The number of ether oxygens (including phenoxy) is 2. The van der Waals surface area contributed by atoms with E-state index in [4.69, 9.17) is 14.3 Å². The molecule has 0 aliphatic carbocycles. The van der Waals surface area contributed by atoms with Gasteiger partial charge in [-0.1, -0.05) is 11.2 Å². The van der Waals surface area contributed by atoms with Crippen LogP contribution in [0.4, 0.5) is 0 Å². The minimum Gasteiger partial charge on any atom is -0.497 e. The highest BCUT2D eigenvalue weighted by Gasteiger charge is 2.16. The molecule has 0 unspecified atom stereocenters. The largest absolute Gasteiger partial charge is 0.497 e. The molecule has 154 valence electrons. The number of methoxy groups -OCH3 is 2. The first-order valence-corrected chi connectivity index (χ1v) is 9.60. The molecule has 0 bridgehead atoms. The summed E-state index contributed by atoms with van der Waals surface area (Å²) in [6, 6.07) is 13.3. The van der Waals surface area contributed by atoms with Gasteiger partial charge >= 0.3 is 0 Å². The van der Waals surface area contributed by atoms with Crippen molar-refractivity contribution in [3.63, 3.8) is 0 Å². The summed E-state index contributed by atoms with van der Waals surface area (Å²) < 4.78 is 12.4. The zero-order chi connectivity index (χ0) is 21.3. The Morgan fingerprint density at radius 2 is 1.87 bits per heavy atom. The summed E-state index contributed by atoms with van der Waals surface area (Å²) in [6.07, 6.45) is 1.68. The monoisotopic (exact) mass is 405 g/mol. The second-order valence-corrected chi connectivity index (χ2v) is 6.83. The molecule has 7 heteroatoms. The Balaban J connectivity index is 1.96. The van der Waals surface area contributed by atoms with E-state index in [1.165, 1.54) is 0 Å². The van der Waals surface area contributed by atoms with Crippen molar-refractivity contribution in [2.45, 2.75) is 6.92 Å². The van der Waals surface area contributed by atoms with Gasteiger partial charge < -0.3 is 19.3 Å². The van der Waals surface area contributed by atoms with Gasteiger partial charge in [0.25, 0.3) is 5.56 Å². The molecule has 1 N–H and O–H groups in total. The third-order valence-corrected chi connectivity index (χ3v) is 5.11. The van der Waals surface area contributed by atoms with Crippen LogP contribution in [-0.4, -0.2) is 36.6 Å². The minimum atomic E-state index is -0.115. The van der Waals surface area contributed by atoms with E-state index >= 15 is 0 Å². The number of nitrogens with zero attached hydrogens (tertiary/aromatic N) is 2. The van der Waals surface area contributed by atoms with Crippen molar-refractivity contribution >= 4 is 28.2 Å². The maximum Gasteiger partial charge on any atom is 0.259 e. The van der Waals surface area contributed by atoms with Gasteiger partial charge in [0.05, 0.1) is 26.0 Å². The second-order valence-electron chi connectivity index (χ2n) is 6.83. The zero-order valence-corrected chi connectivity index (χ0v) is 17.4. The van der Waals surface area contributed by atoms with E-state index < -0.39 is 0 Å². The van der Waals surface area contributed by atoms with Crippen molar-refractivity contribution in [1.29, 1.82) is 0 Å². The number of benzene rings is 2. The Labute approximate surface area is 173 Å². The van der Waals surface area contributed by atoms with Crippen LogP contribution < -0.4 is 15.0 Å². The summed E-state index contributed by atoms with van der Waals surface area (Å²) in [5.74, 6) is 1.24. The van der Waals surface area contributed by atoms with Crippen LogP contribution in [0.1, 0.15) is 12.5 Å². The highest BCUT2D eigenvalue weighted by molar-refractivity contribution is 6.08. The quantitative estimate of drug-likeness (QED) is 0.387. The van der Waals surface area contributed by atoms with Crippen LogP contribution in [0.2, 0.25) is 0 Å². The van der Waals surface area contributed by atoms with Gasteiger partial charge in [-0.05, 0) is 42.8 Å². The standard InChI is InChI=1S/C23H23N3O4/c1-5-30-24-13-14-6-9-20-17(10-14)18-12-19(23(27)26(2)22(18)25-20)16-8-7-15(28-3)11-21(16)29-4/h6-13,25H,5H2,1-4H3/b24-13+. The Morgan fingerprint density at radius 1 is 1.03 bits per heavy atom. The van der Waals surface area contributed by atoms with Crippen molar-refractivity contribution in [1.82, 2.24) is 9.55 Å². The van der Waals surface area contributed by atoms with Crippen molar-refractivity contribution in [2.75, 3.05) is 20.8 Å². The van der Waals surface area contributed by atoms with Gasteiger partial charge in [-0.25, -0.2) is 0 Å². The molecule has 0 aliphatic heterocycles. The highest BCUT2D eigenvalue weighted by Crippen LogP contribution is 2.34. The fourth-order valence-corrected chi connectivity index (χ4v) is 3.58. The molecule has 0 amide bonds. The van der Waals surface area contributed by atoms with E-state index in [-0.39, 0.29) is 5.56 Å². The molecule has 2 aromatic heterocycles. The van der Waals surface area contributed by atoms with Crippen molar-refractivity contribution in [2.24, 2.45) is 12.2 Å². The first-order chi connectivity index (χ1) is 14.6. The Kier molecular flexibility index (Phi) is 5.18. The molecular weight excluding hydrogens is 382 g/mol. The van der Waals surface area contributed by atoms with E-state index in [2.05, 4.69) is 10.1 Å². The lowest BCUT2D eigenvalue weighted by molar-refractivity contribution is 0.160. The minimum absolute atomic E-state index is 0.115. The first-order valence-electron chi connectivity index (χ1n) is 9.60. The fraction of sp³-hybridized carbons (Fsp3) is 0.217. The van der Waals surface area contributed by atoms with Crippen LogP contribution >= 0.6 is 0 Å². The first kappa shape index (κ1) is 19.6. The van der Waals surface area contributed by atoms with Gasteiger partial charge in [0, 0.05) is 35.0 Å². The van der Waals surface area contributed by atoms with Gasteiger partial charge in [-0.2, -0.15) is 0 Å². The van der Waals surface area contributed by atoms with Crippen LogP contribution in [0.15, 0.2) is 52.4 Å². The Bertz CT molecular complexity index is 1320. The molecule has 0 radical (unpaired) electrons. The number of oxime groups is 1. The normalized spacial score (nSPS) is 11.5. The number of hydrogen-bond donors (Lipinski definition) is 1. The Morgan fingerprint density at radius 3 is 2.60 bits per heavy atom. The molecule has 0 aliphatic rings. The van der Waals surface area contributed by atoms with E-state index in [0.29, 0.717) is 29.2 Å². The summed E-state index contributed by atoms with van der Waals surface area (Å²) in [5.41, 5.74) is 3.76. The number of aromatic nitrogens is 2. The third kappa shape index (κ3) is 3.28. The smallest absolute Gasteiger partial charge is 0.259 e. The van der Waals surface area contributed by atoms with Crippen LogP contribution in [-0.2, 0) is 11.9 Å². The summed E-state index contributed by atoms with van der Waals surface area (Å²) in [4.78, 5) is 21.6. The van der Waals surface area contributed by atoms with E-state index in [0.717, 1.165) is 27.5 Å². The molecule has 2 aromatic carbocycles. The number of aromatic amines is 1. The lowest BCUT2D eigenvalue weighted by atomic mass is 10.0.